The average molecular weight is 447 g/mol. The zero-order valence-corrected chi connectivity index (χ0v) is 17.4. The van der Waals surface area contributed by atoms with Crippen LogP contribution in [0.3, 0.4) is 0 Å². The fraction of sp³-hybridized carbons (Fsp3) is 0.200. The molecule has 0 unspecified atom stereocenters. The molecule has 1 N–H and O–H groups in total. The Hall–Kier alpha value is -2.25. The Morgan fingerprint density at radius 2 is 1.89 bits per heavy atom. The minimum absolute atomic E-state index is 0.169. The third kappa shape index (κ3) is 4.93. The first-order valence-corrected chi connectivity index (χ1v) is 10.2. The van der Waals surface area contributed by atoms with Gasteiger partial charge < -0.3 is 14.8 Å². The number of aliphatic imine (C=N–C) groups is 1. The Morgan fingerprint density at radius 3 is 2.59 bits per heavy atom. The maximum absolute atomic E-state index is 12.3. The normalized spacial score (nSPS) is 16.6. The molecule has 0 atom stereocenters. The fourth-order valence-electron chi connectivity index (χ4n) is 2.47. The summed E-state index contributed by atoms with van der Waals surface area (Å²) in [6.45, 7) is 4.90. The number of rotatable bonds is 6. The maximum atomic E-state index is 12.3. The van der Waals surface area contributed by atoms with Crippen molar-refractivity contribution in [3.8, 4) is 11.5 Å². The van der Waals surface area contributed by atoms with Crippen molar-refractivity contribution < 1.29 is 14.3 Å². The van der Waals surface area contributed by atoms with Crippen LogP contribution in [0.25, 0.3) is 6.08 Å². The molecule has 0 saturated carbocycles. The molecule has 140 valence electrons. The number of amidine groups is 1. The summed E-state index contributed by atoms with van der Waals surface area (Å²) in [5.41, 5.74) is 1.64. The molecular weight excluding hydrogens is 428 g/mol. The molecule has 2 aromatic carbocycles. The first-order valence-electron chi connectivity index (χ1n) is 8.54. The van der Waals surface area contributed by atoms with Crippen LogP contribution in [-0.4, -0.2) is 24.3 Å². The van der Waals surface area contributed by atoms with Gasteiger partial charge in [0.2, 0.25) is 0 Å². The standard InChI is InChI=1S/C20H19BrN2O3S/c1-3-25-16-11-13(10-15(21)18(16)26-4-2)12-17-19(24)23-20(27-17)22-14-8-6-5-7-9-14/h5-12H,3-4H2,1-2H3,(H,22,23,24). The summed E-state index contributed by atoms with van der Waals surface area (Å²) in [5, 5.41) is 3.36. The molecule has 1 aliphatic rings. The zero-order chi connectivity index (χ0) is 19.2. The summed E-state index contributed by atoms with van der Waals surface area (Å²) in [6.07, 6.45) is 1.82. The predicted octanol–water partition coefficient (Wildman–Crippen LogP) is 5.14. The van der Waals surface area contributed by atoms with Crippen LogP contribution in [0, 0.1) is 0 Å². The quantitative estimate of drug-likeness (QED) is 0.624. The summed E-state index contributed by atoms with van der Waals surface area (Å²) in [6, 6.07) is 13.3. The van der Waals surface area contributed by atoms with Gasteiger partial charge in [-0.15, -0.1) is 0 Å². The van der Waals surface area contributed by atoms with E-state index in [0.717, 1.165) is 15.7 Å². The molecular formula is C20H19BrN2O3S. The van der Waals surface area contributed by atoms with E-state index in [1.807, 2.05) is 62.4 Å². The molecule has 2 aromatic rings. The van der Waals surface area contributed by atoms with E-state index in [2.05, 4.69) is 26.2 Å². The summed E-state index contributed by atoms with van der Waals surface area (Å²) < 4.78 is 12.1. The highest BCUT2D eigenvalue weighted by molar-refractivity contribution is 9.10. The van der Waals surface area contributed by atoms with Crippen molar-refractivity contribution in [2.75, 3.05) is 13.2 Å². The Kier molecular flexibility index (Phi) is 6.58. The van der Waals surface area contributed by atoms with E-state index in [0.29, 0.717) is 34.8 Å². The smallest absolute Gasteiger partial charge is 0.264 e. The number of hydrogen-bond donors (Lipinski definition) is 1. The van der Waals surface area contributed by atoms with Gasteiger partial charge in [-0.1, -0.05) is 18.2 Å². The van der Waals surface area contributed by atoms with E-state index in [4.69, 9.17) is 9.47 Å². The number of halogens is 1. The van der Waals surface area contributed by atoms with E-state index in [1.54, 1.807) is 0 Å². The number of benzene rings is 2. The predicted molar refractivity (Wildman–Crippen MR) is 114 cm³/mol. The molecule has 1 fully saturated rings. The van der Waals surface area contributed by atoms with Crippen LogP contribution in [0.5, 0.6) is 11.5 Å². The summed E-state index contributed by atoms with van der Waals surface area (Å²) in [5.74, 6) is 1.14. The number of carbonyl (C=O) groups is 1. The molecule has 0 aliphatic carbocycles. The summed E-state index contributed by atoms with van der Waals surface area (Å²) >= 11 is 4.84. The van der Waals surface area contributed by atoms with E-state index in [-0.39, 0.29) is 5.91 Å². The molecule has 3 rings (SSSR count). The van der Waals surface area contributed by atoms with Crippen LogP contribution in [0.15, 0.2) is 56.8 Å². The van der Waals surface area contributed by atoms with Crippen molar-refractivity contribution >= 4 is 50.5 Å². The number of carbonyl (C=O) groups excluding carboxylic acids is 1. The van der Waals surface area contributed by atoms with Gasteiger partial charge in [-0.2, -0.15) is 0 Å². The fourth-order valence-corrected chi connectivity index (χ4v) is 3.89. The second-order valence-electron chi connectivity index (χ2n) is 5.51. The van der Waals surface area contributed by atoms with Crippen LogP contribution in [-0.2, 0) is 4.79 Å². The Morgan fingerprint density at radius 1 is 1.15 bits per heavy atom. The van der Waals surface area contributed by atoms with Gasteiger partial charge in [-0.05, 0) is 77.4 Å². The molecule has 1 saturated heterocycles. The van der Waals surface area contributed by atoms with Gasteiger partial charge in [-0.3, -0.25) is 4.79 Å². The highest BCUT2D eigenvalue weighted by Gasteiger charge is 2.24. The van der Waals surface area contributed by atoms with Crippen LogP contribution >= 0.6 is 27.7 Å². The molecule has 7 heteroatoms. The minimum atomic E-state index is -0.169. The van der Waals surface area contributed by atoms with Crippen molar-refractivity contribution in [3.05, 3.63) is 57.4 Å². The molecule has 1 aliphatic heterocycles. The topological polar surface area (TPSA) is 59.9 Å². The van der Waals surface area contributed by atoms with Crippen molar-refractivity contribution in [2.24, 2.45) is 4.99 Å². The first-order chi connectivity index (χ1) is 13.1. The number of amides is 1. The maximum Gasteiger partial charge on any atom is 0.264 e. The van der Waals surface area contributed by atoms with Gasteiger partial charge in [0.25, 0.3) is 5.91 Å². The number of nitrogens with one attached hydrogen (secondary N) is 1. The van der Waals surface area contributed by atoms with E-state index >= 15 is 0 Å². The Labute approximate surface area is 171 Å². The van der Waals surface area contributed by atoms with E-state index < -0.39 is 0 Å². The Bertz CT molecular complexity index is 898. The molecule has 27 heavy (non-hydrogen) atoms. The van der Waals surface area contributed by atoms with Crippen LogP contribution < -0.4 is 14.8 Å². The van der Waals surface area contributed by atoms with E-state index in [1.165, 1.54) is 11.8 Å². The number of hydrogen-bond acceptors (Lipinski definition) is 5. The molecule has 0 aromatic heterocycles. The lowest BCUT2D eigenvalue weighted by molar-refractivity contribution is -0.115. The largest absolute Gasteiger partial charge is 0.490 e. The molecule has 0 bridgehead atoms. The second kappa shape index (κ2) is 9.10. The van der Waals surface area contributed by atoms with Crippen molar-refractivity contribution in [3.63, 3.8) is 0 Å². The van der Waals surface area contributed by atoms with Crippen molar-refractivity contribution in [1.29, 1.82) is 0 Å². The van der Waals surface area contributed by atoms with Crippen LogP contribution in [0.4, 0.5) is 5.69 Å². The van der Waals surface area contributed by atoms with Gasteiger partial charge >= 0.3 is 0 Å². The first kappa shape index (κ1) is 19.5. The highest BCUT2D eigenvalue weighted by atomic mass is 79.9. The molecule has 0 radical (unpaired) electrons. The highest BCUT2D eigenvalue weighted by Crippen LogP contribution is 2.38. The average Bonchev–Trinajstić information content (AvgIpc) is 2.98. The lowest BCUT2D eigenvalue weighted by Crippen LogP contribution is -2.19. The van der Waals surface area contributed by atoms with Gasteiger partial charge in [0, 0.05) is 0 Å². The van der Waals surface area contributed by atoms with Gasteiger partial charge in [-0.25, -0.2) is 4.99 Å². The molecule has 0 spiro atoms. The lowest BCUT2D eigenvalue weighted by Gasteiger charge is -2.13. The summed E-state index contributed by atoms with van der Waals surface area (Å²) in [7, 11) is 0. The molecule has 1 heterocycles. The molecule has 1 amide bonds. The third-order valence-electron chi connectivity index (χ3n) is 3.56. The zero-order valence-electron chi connectivity index (χ0n) is 15.0. The summed E-state index contributed by atoms with van der Waals surface area (Å²) in [4.78, 5) is 17.3. The van der Waals surface area contributed by atoms with Gasteiger partial charge in [0.05, 0.1) is 28.3 Å². The van der Waals surface area contributed by atoms with Crippen molar-refractivity contribution in [1.82, 2.24) is 5.32 Å². The molecule has 5 nitrogen and oxygen atoms in total. The van der Waals surface area contributed by atoms with Gasteiger partial charge in [0.1, 0.15) is 0 Å². The number of nitrogens with zero attached hydrogens (tertiary/aromatic N) is 1. The SMILES string of the molecule is CCOc1cc(C=C2SC(=Nc3ccccc3)NC2=O)cc(Br)c1OCC. The number of thioether (sulfide) groups is 1. The Balaban J connectivity index is 1.88. The minimum Gasteiger partial charge on any atom is -0.490 e. The van der Waals surface area contributed by atoms with E-state index in [9.17, 15) is 4.79 Å². The van der Waals surface area contributed by atoms with Crippen LogP contribution in [0.1, 0.15) is 19.4 Å². The van der Waals surface area contributed by atoms with Crippen LogP contribution in [0.2, 0.25) is 0 Å². The third-order valence-corrected chi connectivity index (χ3v) is 5.05. The monoisotopic (exact) mass is 446 g/mol. The second-order valence-corrected chi connectivity index (χ2v) is 7.40. The van der Waals surface area contributed by atoms with Crippen molar-refractivity contribution in [2.45, 2.75) is 13.8 Å². The number of para-hydroxylation sites is 1. The lowest BCUT2D eigenvalue weighted by atomic mass is 10.2. The van der Waals surface area contributed by atoms with Gasteiger partial charge in [0.15, 0.2) is 16.7 Å². The number of ether oxygens (including phenoxy) is 2.